The lowest BCUT2D eigenvalue weighted by molar-refractivity contribution is -0.115. The third-order valence-electron chi connectivity index (χ3n) is 4.97. The lowest BCUT2D eigenvalue weighted by Gasteiger charge is -2.31. The fourth-order valence-electron chi connectivity index (χ4n) is 3.75. The van der Waals surface area contributed by atoms with Gasteiger partial charge in [-0.3, -0.25) is 9.69 Å². The predicted octanol–water partition coefficient (Wildman–Crippen LogP) is 5.49. The van der Waals surface area contributed by atoms with Gasteiger partial charge in [0.1, 0.15) is 0 Å². The number of para-hydroxylation sites is 1. The van der Waals surface area contributed by atoms with Gasteiger partial charge in [-0.15, -0.1) is 0 Å². The molecule has 3 aromatic rings. The zero-order valence-corrected chi connectivity index (χ0v) is 16.2. The first-order valence-electron chi connectivity index (χ1n) is 9.63. The van der Waals surface area contributed by atoms with Crippen molar-refractivity contribution in [3.05, 3.63) is 102 Å². The number of carbonyl (C=O) groups excluding carboxylic acids is 1. The fraction of sp³-hybridized carbons (Fsp3) is 0.160. The molecular formula is C25H24N2O. The van der Waals surface area contributed by atoms with Crippen molar-refractivity contribution in [2.24, 2.45) is 0 Å². The number of benzene rings is 3. The molecule has 1 aliphatic rings. The number of anilines is 2. The van der Waals surface area contributed by atoms with E-state index in [1.54, 1.807) is 6.92 Å². The Morgan fingerprint density at radius 3 is 2.29 bits per heavy atom. The third-order valence-corrected chi connectivity index (χ3v) is 4.97. The number of amides is 1. The van der Waals surface area contributed by atoms with Crippen molar-refractivity contribution in [2.75, 3.05) is 10.2 Å². The molecule has 28 heavy (non-hydrogen) atoms. The Kier molecular flexibility index (Phi) is 4.98. The molecule has 3 heteroatoms. The summed E-state index contributed by atoms with van der Waals surface area (Å²) < 4.78 is 0. The van der Waals surface area contributed by atoms with E-state index in [2.05, 4.69) is 60.8 Å². The molecule has 1 N–H and O–H groups in total. The van der Waals surface area contributed by atoms with Gasteiger partial charge in [0.25, 0.3) is 0 Å². The van der Waals surface area contributed by atoms with Gasteiger partial charge in [0, 0.05) is 29.9 Å². The van der Waals surface area contributed by atoms with Crippen molar-refractivity contribution in [1.29, 1.82) is 0 Å². The standard InChI is InChI=1S/C25H24N2O/c1-18-15-25(27(19(2)28)22-11-7-4-8-12-22)23-17-21(13-14-24(23)26-18)16-20-9-5-3-6-10-20/h3-15,17-18,26H,16H2,1-2H3. The van der Waals surface area contributed by atoms with E-state index >= 15 is 0 Å². The van der Waals surface area contributed by atoms with Crippen LogP contribution in [0.25, 0.3) is 5.70 Å². The van der Waals surface area contributed by atoms with Crippen LogP contribution in [0.3, 0.4) is 0 Å². The molecule has 0 fully saturated rings. The van der Waals surface area contributed by atoms with Crippen LogP contribution in [0.15, 0.2) is 84.9 Å². The second-order valence-electron chi connectivity index (χ2n) is 7.22. The zero-order valence-electron chi connectivity index (χ0n) is 16.2. The molecule has 3 nitrogen and oxygen atoms in total. The minimum absolute atomic E-state index is 0.00552. The number of fused-ring (bicyclic) bond motifs is 1. The minimum atomic E-state index is 0.00552. The summed E-state index contributed by atoms with van der Waals surface area (Å²) in [6.07, 6.45) is 2.99. The van der Waals surface area contributed by atoms with E-state index in [1.165, 1.54) is 11.1 Å². The van der Waals surface area contributed by atoms with E-state index < -0.39 is 0 Å². The van der Waals surface area contributed by atoms with Gasteiger partial charge in [-0.1, -0.05) is 54.6 Å². The number of rotatable bonds is 4. The van der Waals surface area contributed by atoms with Gasteiger partial charge in [0.15, 0.2) is 0 Å². The van der Waals surface area contributed by atoms with Gasteiger partial charge in [0.2, 0.25) is 5.91 Å². The number of nitrogens with zero attached hydrogens (tertiary/aromatic N) is 1. The maximum atomic E-state index is 12.6. The summed E-state index contributed by atoms with van der Waals surface area (Å²) >= 11 is 0. The molecule has 0 saturated carbocycles. The summed E-state index contributed by atoms with van der Waals surface area (Å²) in [5, 5.41) is 3.51. The van der Waals surface area contributed by atoms with Crippen LogP contribution < -0.4 is 10.2 Å². The summed E-state index contributed by atoms with van der Waals surface area (Å²) in [4.78, 5) is 14.4. The average molecular weight is 368 g/mol. The van der Waals surface area contributed by atoms with Crippen LogP contribution in [0.2, 0.25) is 0 Å². The molecule has 0 bridgehead atoms. The van der Waals surface area contributed by atoms with Gasteiger partial charge in [-0.05, 0) is 54.8 Å². The predicted molar refractivity (Wildman–Crippen MR) is 116 cm³/mol. The Morgan fingerprint density at radius 1 is 0.929 bits per heavy atom. The number of hydrogen-bond donors (Lipinski definition) is 1. The van der Waals surface area contributed by atoms with Crippen LogP contribution in [0.5, 0.6) is 0 Å². The smallest absolute Gasteiger partial charge is 0.228 e. The fourth-order valence-corrected chi connectivity index (χ4v) is 3.75. The van der Waals surface area contributed by atoms with Gasteiger partial charge < -0.3 is 5.32 Å². The second-order valence-corrected chi connectivity index (χ2v) is 7.22. The first-order valence-corrected chi connectivity index (χ1v) is 9.63. The van der Waals surface area contributed by atoms with Crippen LogP contribution in [0, 0.1) is 0 Å². The van der Waals surface area contributed by atoms with E-state index in [0.717, 1.165) is 29.1 Å². The number of hydrogen-bond acceptors (Lipinski definition) is 2. The van der Waals surface area contributed by atoms with E-state index in [4.69, 9.17) is 0 Å². The average Bonchev–Trinajstić information content (AvgIpc) is 2.70. The summed E-state index contributed by atoms with van der Waals surface area (Å²) in [5.41, 5.74) is 6.44. The SMILES string of the molecule is CC(=O)N(C1=CC(C)Nc2ccc(Cc3ccccc3)cc21)c1ccccc1. The van der Waals surface area contributed by atoms with E-state index in [0.29, 0.717) is 0 Å². The van der Waals surface area contributed by atoms with Crippen molar-refractivity contribution in [1.82, 2.24) is 0 Å². The summed E-state index contributed by atoms with van der Waals surface area (Å²) in [7, 11) is 0. The van der Waals surface area contributed by atoms with Crippen molar-refractivity contribution < 1.29 is 4.79 Å². The highest BCUT2D eigenvalue weighted by atomic mass is 16.2. The molecule has 1 aliphatic heterocycles. The highest BCUT2D eigenvalue weighted by Crippen LogP contribution is 2.36. The Balaban J connectivity index is 1.77. The van der Waals surface area contributed by atoms with Crippen molar-refractivity contribution >= 4 is 23.0 Å². The Bertz CT molecular complexity index is 1010. The van der Waals surface area contributed by atoms with Crippen LogP contribution in [-0.2, 0) is 11.2 Å². The highest BCUT2D eigenvalue weighted by Gasteiger charge is 2.25. The molecule has 1 heterocycles. The highest BCUT2D eigenvalue weighted by molar-refractivity contribution is 6.06. The summed E-state index contributed by atoms with van der Waals surface area (Å²) in [5.74, 6) is 0.00552. The maximum absolute atomic E-state index is 12.6. The first kappa shape index (κ1) is 18.1. The molecule has 0 spiro atoms. The number of nitrogens with one attached hydrogen (secondary N) is 1. The van der Waals surface area contributed by atoms with Crippen molar-refractivity contribution in [3.8, 4) is 0 Å². The molecule has 0 aromatic heterocycles. The van der Waals surface area contributed by atoms with Gasteiger partial charge in [0.05, 0.1) is 5.70 Å². The second kappa shape index (κ2) is 7.73. The lowest BCUT2D eigenvalue weighted by atomic mass is 9.96. The molecule has 140 valence electrons. The molecule has 0 radical (unpaired) electrons. The largest absolute Gasteiger partial charge is 0.378 e. The molecule has 1 atom stereocenters. The van der Waals surface area contributed by atoms with E-state index in [9.17, 15) is 4.79 Å². The normalized spacial score (nSPS) is 15.2. The van der Waals surface area contributed by atoms with Gasteiger partial charge in [-0.25, -0.2) is 0 Å². The van der Waals surface area contributed by atoms with Crippen molar-refractivity contribution in [3.63, 3.8) is 0 Å². The third kappa shape index (κ3) is 3.70. The zero-order chi connectivity index (χ0) is 19.5. The summed E-state index contributed by atoms with van der Waals surface area (Å²) in [6, 6.07) is 26.9. The monoisotopic (exact) mass is 368 g/mol. The lowest BCUT2D eigenvalue weighted by Crippen LogP contribution is -2.31. The summed E-state index contributed by atoms with van der Waals surface area (Å²) in [6.45, 7) is 3.72. The van der Waals surface area contributed by atoms with Gasteiger partial charge in [-0.2, -0.15) is 0 Å². The Morgan fingerprint density at radius 2 is 1.61 bits per heavy atom. The molecule has 0 aliphatic carbocycles. The topological polar surface area (TPSA) is 32.3 Å². The maximum Gasteiger partial charge on any atom is 0.228 e. The van der Waals surface area contributed by atoms with Crippen LogP contribution in [0.4, 0.5) is 11.4 Å². The van der Waals surface area contributed by atoms with Gasteiger partial charge >= 0.3 is 0 Å². The van der Waals surface area contributed by atoms with E-state index in [1.807, 2.05) is 41.3 Å². The molecule has 1 amide bonds. The van der Waals surface area contributed by atoms with Crippen LogP contribution in [0.1, 0.15) is 30.5 Å². The molecule has 3 aromatic carbocycles. The van der Waals surface area contributed by atoms with Crippen molar-refractivity contribution in [2.45, 2.75) is 26.3 Å². The molecule has 1 unspecified atom stereocenters. The van der Waals surface area contributed by atoms with E-state index in [-0.39, 0.29) is 11.9 Å². The molecule has 0 saturated heterocycles. The first-order chi connectivity index (χ1) is 13.6. The van der Waals surface area contributed by atoms with Crippen LogP contribution >= 0.6 is 0 Å². The molecule has 4 rings (SSSR count). The Labute approximate surface area is 166 Å². The quantitative estimate of drug-likeness (QED) is 0.661. The van der Waals surface area contributed by atoms with Crippen LogP contribution in [-0.4, -0.2) is 11.9 Å². The number of carbonyl (C=O) groups is 1. The molecular weight excluding hydrogens is 344 g/mol. The Hall–Kier alpha value is -3.33. The minimum Gasteiger partial charge on any atom is -0.378 e.